The largest absolute Gasteiger partial charge is 0.485 e. The smallest absolute Gasteiger partial charge is 0.188 e. The van der Waals surface area contributed by atoms with E-state index in [1.807, 2.05) is 67.8 Å². The number of pyridine rings is 2. The van der Waals surface area contributed by atoms with E-state index in [0.717, 1.165) is 26.7 Å². The Morgan fingerprint density at radius 2 is 1.78 bits per heavy atom. The molecule has 0 bridgehead atoms. The monoisotopic (exact) mass is 374 g/mol. The molecule has 0 saturated heterocycles. The second-order valence-corrected chi connectivity index (χ2v) is 7.22. The molecule has 4 aromatic rings. The molecule has 4 rings (SSSR count). The molecule has 6 heteroatoms. The highest BCUT2D eigenvalue weighted by molar-refractivity contribution is 7.15. The summed E-state index contributed by atoms with van der Waals surface area (Å²) in [5.74, 6) is 1.33. The predicted octanol–water partition coefficient (Wildman–Crippen LogP) is 5.23. The lowest BCUT2D eigenvalue weighted by atomic mass is 10.1. The number of aromatic nitrogens is 3. The SMILES string of the molecule is Cc1cnc(Nc2ncc(-c3ccncc3)cc2OCc2ccccc2)s1. The molecular formula is C21H18N4OS. The number of anilines is 2. The highest BCUT2D eigenvalue weighted by Gasteiger charge is 2.11. The van der Waals surface area contributed by atoms with Crippen molar-refractivity contribution in [1.82, 2.24) is 15.0 Å². The highest BCUT2D eigenvalue weighted by Crippen LogP contribution is 2.32. The highest BCUT2D eigenvalue weighted by atomic mass is 32.1. The van der Waals surface area contributed by atoms with Gasteiger partial charge in [-0.05, 0) is 36.2 Å². The summed E-state index contributed by atoms with van der Waals surface area (Å²) in [5, 5.41) is 4.06. The second-order valence-electron chi connectivity index (χ2n) is 5.98. The third-order valence-corrected chi connectivity index (χ3v) is 4.78. The van der Waals surface area contributed by atoms with E-state index in [0.29, 0.717) is 18.2 Å². The molecule has 0 amide bonds. The molecule has 0 saturated carbocycles. The topological polar surface area (TPSA) is 59.9 Å². The fraction of sp³-hybridized carbons (Fsp3) is 0.0952. The van der Waals surface area contributed by atoms with Crippen molar-refractivity contribution in [3.63, 3.8) is 0 Å². The molecular weight excluding hydrogens is 356 g/mol. The first kappa shape index (κ1) is 17.2. The van der Waals surface area contributed by atoms with Crippen LogP contribution >= 0.6 is 11.3 Å². The van der Waals surface area contributed by atoms with Gasteiger partial charge in [-0.2, -0.15) is 0 Å². The molecule has 5 nitrogen and oxygen atoms in total. The summed E-state index contributed by atoms with van der Waals surface area (Å²) in [7, 11) is 0. The molecule has 0 aliphatic carbocycles. The maximum absolute atomic E-state index is 6.10. The Hall–Kier alpha value is -3.25. The number of hydrogen-bond donors (Lipinski definition) is 1. The summed E-state index contributed by atoms with van der Waals surface area (Å²) in [5.41, 5.74) is 3.11. The van der Waals surface area contributed by atoms with Crippen molar-refractivity contribution in [3.8, 4) is 16.9 Å². The molecule has 0 aliphatic heterocycles. The van der Waals surface area contributed by atoms with Gasteiger partial charge in [-0.1, -0.05) is 30.3 Å². The number of nitrogens with zero attached hydrogens (tertiary/aromatic N) is 3. The van der Waals surface area contributed by atoms with E-state index in [1.165, 1.54) is 0 Å². The molecule has 1 aromatic carbocycles. The molecule has 3 aromatic heterocycles. The third-order valence-electron chi connectivity index (χ3n) is 3.95. The van der Waals surface area contributed by atoms with E-state index in [-0.39, 0.29) is 0 Å². The molecule has 134 valence electrons. The van der Waals surface area contributed by atoms with Crippen LogP contribution in [-0.4, -0.2) is 15.0 Å². The maximum atomic E-state index is 6.10. The van der Waals surface area contributed by atoms with E-state index in [4.69, 9.17) is 4.74 Å². The normalized spacial score (nSPS) is 10.6. The number of hydrogen-bond acceptors (Lipinski definition) is 6. The number of nitrogens with one attached hydrogen (secondary N) is 1. The fourth-order valence-corrected chi connectivity index (χ4v) is 3.26. The Balaban J connectivity index is 1.64. The van der Waals surface area contributed by atoms with Gasteiger partial charge in [-0.25, -0.2) is 9.97 Å². The van der Waals surface area contributed by atoms with Gasteiger partial charge in [0.25, 0.3) is 0 Å². The molecule has 3 heterocycles. The van der Waals surface area contributed by atoms with Crippen molar-refractivity contribution in [2.75, 3.05) is 5.32 Å². The Morgan fingerprint density at radius 1 is 0.963 bits per heavy atom. The minimum atomic E-state index is 0.466. The zero-order valence-electron chi connectivity index (χ0n) is 14.8. The van der Waals surface area contributed by atoms with Gasteiger partial charge in [0.05, 0.1) is 0 Å². The first-order chi connectivity index (χ1) is 13.3. The van der Waals surface area contributed by atoms with Crippen LogP contribution in [0, 0.1) is 6.92 Å². The standard InChI is InChI=1S/C21H18N4OS/c1-15-12-24-21(27-15)25-20-19(26-14-16-5-3-2-4-6-16)11-18(13-23-20)17-7-9-22-10-8-17/h2-13H,14H2,1H3,(H,23,24,25). The summed E-state index contributed by atoms with van der Waals surface area (Å²) < 4.78 is 6.10. The molecule has 0 spiro atoms. The first-order valence-corrected chi connectivity index (χ1v) is 9.36. The zero-order chi connectivity index (χ0) is 18.5. The van der Waals surface area contributed by atoms with Gasteiger partial charge < -0.3 is 10.1 Å². The molecule has 1 N–H and O–H groups in total. The van der Waals surface area contributed by atoms with Gasteiger partial charge >= 0.3 is 0 Å². The second kappa shape index (κ2) is 7.97. The van der Waals surface area contributed by atoms with Crippen LogP contribution in [0.5, 0.6) is 5.75 Å². The fourth-order valence-electron chi connectivity index (χ4n) is 2.60. The molecule has 27 heavy (non-hydrogen) atoms. The van der Waals surface area contributed by atoms with E-state index in [2.05, 4.69) is 20.3 Å². The number of benzene rings is 1. The third kappa shape index (κ3) is 4.30. The number of thiazole rings is 1. The van der Waals surface area contributed by atoms with E-state index in [9.17, 15) is 0 Å². The van der Waals surface area contributed by atoms with Crippen molar-refractivity contribution in [2.24, 2.45) is 0 Å². The summed E-state index contributed by atoms with van der Waals surface area (Å²) >= 11 is 1.58. The Labute approximate surface area is 161 Å². The van der Waals surface area contributed by atoms with Crippen LogP contribution in [0.15, 0.2) is 73.3 Å². The lowest BCUT2D eigenvalue weighted by Gasteiger charge is -2.13. The Morgan fingerprint density at radius 3 is 2.52 bits per heavy atom. The number of rotatable bonds is 6. The Kier molecular flexibility index (Phi) is 5.07. The van der Waals surface area contributed by atoms with Crippen molar-refractivity contribution < 1.29 is 4.74 Å². The van der Waals surface area contributed by atoms with Crippen LogP contribution in [0.2, 0.25) is 0 Å². The zero-order valence-corrected chi connectivity index (χ0v) is 15.6. The van der Waals surface area contributed by atoms with Crippen LogP contribution in [-0.2, 0) is 6.61 Å². The van der Waals surface area contributed by atoms with Crippen LogP contribution in [0.4, 0.5) is 10.9 Å². The summed E-state index contributed by atoms with van der Waals surface area (Å²) in [6.45, 7) is 2.49. The minimum absolute atomic E-state index is 0.466. The molecule has 0 aliphatic rings. The van der Waals surface area contributed by atoms with Crippen LogP contribution < -0.4 is 10.1 Å². The summed E-state index contributed by atoms with van der Waals surface area (Å²) in [4.78, 5) is 14.1. The maximum Gasteiger partial charge on any atom is 0.188 e. The number of ether oxygens (including phenoxy) is 1. The van der Waals surface area contributed by atoms with E-state index >= 15 is 0 Å². The Bertz CT molecular complexity index is 1020. The summed E-state index contributed by atoms with van der Waals surface area (Å²) in [6, 6.07) is 16.0. The van der Waals surface area contributed by atoms with Crippen molar-refractivity contribution in [1.29, 1.82) is 0 Å². The average molecular weight is 374 g/mol. The van der Waals surface area contributed by atoms with Gasteiger partial charge in [0, 0.05) is 35.2 Å². The molecule has 0 atom stereocenters. The lowest BCUT2D eigenvalue weighted by molar-refractivity contribution is 0.307. The van der Waals surface area contributed by atoms with Gasteiger partial charge in [0.15, 0.2) is 16.7 Å². The van der Waals surface area contributed by atoms with E-state index < -0.39 is 0 Å². The van der Waals surface area contributed by atoms with E-state index in [1.54, 1.807) is 23.7 Å². The van der Waals surface area contributed by atoms with Crippen LogP contribution in [0.1, 0.15) is 10.4 Å². The predicted molar refractivity (Wildman–Crippen MR) is 108 cm³/mol. The van der Waals surface area contributed by atoms with Gasteiger partial charge in [-0.15, -0.1) is 11.3 Å². The van der Waals surface area contributed by atoms with Gasteiger partial charge in [0.1, 0.15) is 6.61 Å². The molecule has 0 fully saturated rings. The van der Waals surface area contributed by atoms with Gasteiger partial charge in [0.2, 0.25) is 0 Å². The van der Waals surface area contributed by atoms with Crippen molar-refractivity contribution >= 4 is 22.3 Å². The van der Waals surface area contributed by atoms with Crippen LogP contribution in [0.3, 0.4) is 0 Å². The summed E-state index contributed by atoms with van der Waals surface area (Å²) in [6.07, 6.45) is 7.20. The number of aryl methyl sites for hydroxylation is 1. The van der Waals surface area contributed by atoms with Crippen molar-refractivity contribution in [3.05, 3.63) is 83.8 Å². The van der Waals surface area contributed by atoms with Gasteiger partial charge in [-0.3, -0.25) is 4.98 Å². The minimum Gasteiger partial charge on any atom is -0.485 e. The lowest BCUT2D eigenvalue weighted by Crippen LogP contribution is -2.01. The molecule has 0 unspecified atom stereocenters. The van der Waals surface area contributed by atoms with Crippen LogP contribution in [0.25, 0.3) is 11.1 Å². The molecule has 0 radical (unpaired) electrons. The average Bonchev–Trinajstić information content (AvgIpc) is 3.13. The first-order valence-electron chi connectivity index (χ1n) is 8.54. The quantitative estimate of drug-likeness (QED) is 0.501. The van der Waals surface area contributed by atoms with Crippen molar-refractivity contribution in [2.45, 2.75) is 13.5 Å².